The summed E-state index contributed by atoms with van der Waals surface area (Å²) in [5.74, 6) is -2.05. The van der Waals surface area contributed by atoms with Crippen molar-refractivity contribution >= 4 is 39.7 Å². The van der Waals surface area contributed by atoms with Crippen LogP contribution in [0.3, 0.4) is 0 Å². The van der Waals surface area contributed by atoms with E-state index >= 15 is 0 Å². The van der Waals surface area contributed by atoms with Crippen molar-refractivity contribution < 1.29 is 18.3 Å². The highest BCUT2D eigenvalue weighted by atomic mass is 35.5. The van der Waals surface area contributed by atoms with Gasteiger partial charge in [-0.25, -0.2) is 18.7 Å². The van der Waals surface area contributed by atoms with E-state index < -0.39 is 24.1 Å². The van der Waals surface area contributed by atoms with Gasteiger partial charge in [-0.2, -0.15) is 0 Å². The first kappa shape index (κ1) is 24.4. The van der Waals surface area contributed by atoms with E-state index in [-0.39, 0.29) is 23.2 Å². The van der Waals surface area contributed by atoms with Crippen LogP contribution in [0, 0.1) is 5.92 Å². The number of ether oxygens (including phenoxy) is 2. The molecule has 8 nitrogen and oxygen atoms in total. The van der Waals surface area contributed by atoms with Crippen molar-refractivity contribution in [3.05, 3.63) is 45.6 Å². The normalized spacial score (nSPS) is 26.4. The third kappa shape index (κ3) is 4.20. The molecule has 1 aliphatic heterocycles. The number of nitrogens with zero attached hydrogens (tertiary/aromatic N) is 3. The summed E-state index contributed by atoms with van der Waals surface area (Å²) < 4.78 is 42.2. The van der Waals surface area contributed by atoms with E-state index in [1.165, 1.54) is 4.57 Å². The summed E-state index contributed by atoms with van der Waals surface area (Å²) in [6.45, 7) is 1.22. The highest BCUT2D eigenvalue weighted by molar-refractivity contribution is 6.32. The molecule has 1 atom stereocenters. The number of aromatic nitrogens is 3. The first-order valence-electron chi connectivity index (χ1n) is 12.4. The van der Waals surface area contributed by atoms with Crippen LogP contribution in [0.4, 0.5) is 26.0 Å². The molecule has 3 aromatic rings. The Kier molecular flexibility index (Phi) is 5.61. The fourth-order valence-corrected chi connectivity index (χ4v) is 5.56. The van der Waals surface area contributed by atoms with Crippen LogP contribution in [-0.2, 0) is 11.8 Å². The number of anilines is 3. The van der Waals surface area contributed by atoms with Gasteiger partial charge in [-0.15, -0.1) is 0 Å². The lowest BCUT2D eigenvalue weighted by Gasteiger charge is -2.43. The maximum atomic E-state index is 14.9. The van der Waals surface area contributed by atoms with Gasteiger partial charge in [0.05, 0.1) is 29.0 Å². The molecule has 11 heteroatoms. The molecule has 2 aromatic heterocycles. The maximum absolute atomic E-state index is 14.9. The summed E-state index contributed by atoms with van der Waals surface area (Å²) in [5.41, 5.74) is 0.884. The molecule has 196 valence electrons. The molecule has 0 spiro atoms. The SMILES string of the molecule is COC1(C)CC(c2ncc(Cl)c(Nc3ccc4c(c3)c3c(c(=O)n4C)OCC(F)(F)[C@H](C4CC4)N3)n2)C1. The fourth-order valence-electron chi connectivity index (χ4n) is 5.42. The zero-order valence-corrected chi connectivity index (χ0v) is 21.5. The van der Waals surface area contributed by atoms with Crippen molar-refractivity contribution in [3.8, 4) is 5.75 Å². The molecular formula is C26H28ClF2N5O3. The van der Waals surface area contributed by atoms with Crippen molar-refractivity contribution in [1.29, 1.82) is 0 Å². The van der Waals surface area contributed by atoms with Crippen LogP contribution in [0.15, 0.2) is 29.2 Å². The Bertz CT molecular complexity index is 1450. The van der Waals surface area contributed by atoms with Gasteiger partial charge in [-0.1, -0.05) is 11.6 Å². The third-order valence-electron chi connectivity index (χ3n) is 7.85. The van der Waals surface area contributed by atoms with Gasteiger partial charge in [0.25, 0.3) is 5.56 Å². The Morgan fingerprint density at radius 3 is 2.76 bits per heavy atom. The number of alkyl halides is 2. The summed E-state index contributed by atoms with van der Waals surface area (Å²) >= 11 is 6.42. The van der Waals surface area contributed by atoms with Gasteiger partial charge in [-0.05, 0) is 56.7 Å². The van der Waals surface area contributed by atoms with Crippen LogP contribution >= 0.6 is 11.6 Å². The molecule has 2 N–H and O–H groups in total. The molecule has 2 aliphatic carbocycles. The first-order chi connectivity index (χ1) is 17.6. The molecule has 37 heavy (non-hydrogen) atoms. The van der Waals surface area contributed by atoms with Crippen LogP contribution in [0.2, 0.25) is 5.02 Å². The quantitative estimate of drug-likeness (QED) is 0.466. The number of aryl methyl sites for hydroxylation is 1. The Balaban J connectivity index is 1.37. The van der Waals surface area contributed by atoms with Crippen LogP contribution in [0.1, 0.15) is 44.3 Å². The maximum Gasteiger partial charge on any atom is 0.301 e. The summed E-state index contributed by atoms with van der Waals surface area (Å²) in [6.07, 6.45) is 4.65. The zero-order valence-electron chi connectivity index (χ0n) is 20.8. The average Bonchev–Trinajstić information content (AvgIpc) is 3.69. The molecule has 0 bridgehead atoms. The van der Waals surface area contributed by atoms with E-state index in [4.69, 9.17) is 21.1 Å². The Hall–Kier alpha value is -2.98. The number of methoxy groups -OCH3 is 1. The minimum absolute atomic E-state index is 0.0940. The second-order valence-corrected chi connectivity index (χ2v) is 11.0. The number of benzene rings is 1. The van der Waals surface area contributed by atoms with Gasteiger partial charge >= 0.3 is 5.92 Å². The molecule has 3 aliphatic rings. The van der Waals surface area contributed by atoms with Crippen LogP contribution < -0.4 is 20.9 Å². The smallest absolute Gasteiger partial charge is 0.301 e. The Labute approximate surface area is 217 Å². The number of fused-ring (bicyclic) bond motifs is 3. The van der Waals surface area contributed by atoms with Crippen molar-refractivity contribution in [3.63, 3.8) is 0 Å². The largest absolute Gasteiger partial charge is 0.480 e. The predicted molar refractivity (Wildman–Crippen MR) is 137 cm³/mol. The fraction of sp³-hybridized carbons (Fsp3) is 0.500. The van der Waals surface area contributed by atoms with Crippen molar-refractivity contribution in [1.82, 2.24) is 14.5 Å². The second-order valence-electron chi connectivity index (χ2n) is 10.6. The Morgan fingerprint density at radius 2 is 2.05 bits per heavy atom. The van der Waals surface area contributed by atoms with Crippen LogP contribution in [0.25, 0.3) is 10.9 Å². The average molecular weight is 532 g/mol. The topological polar surface area (TPSA) is 90.3 Å². The number of halogens is 3. The first-order valence-corrected chi connectivity index (χ1v) is 12.7. The molecule has 6 rings (SSSR count). The van der Waals surface area contributed by atoms with E-state index in [9.17, 15) is 13.6 Å². The van der Waals surface area contributed by atoms with Gasteiger partial charge in [-0.3, -0.25) is 4.79 Å². The lowest BCUT2D eigenvalue weighted by atomic mass is 9.71. The Morgan fingerprint density at radius 1 is 1.30 bits per heavy atom. The van der Waals surface area contributed by atoms with Crippen LogP contribution in [-0.4, -0.2) is 45.8 Å². The van der Waals surface area contributed by atoms with Crippen molar-refractivity contribution in [2.75, 3.05) is 24.4 Å². The highest BCUT2D eigenvalue weighted by Crippen LogP contribution is 2.47. The zero-order chi connectivity index (χ0) is 26.1. The summed E-state index contributed by atoms with van der Waals surface area (Å²) in [7, 11) is 3.30. The molecular weight excluding hydrogens is 504 g/mol. The number of rotatable bonds is 5. The minimum atomic E-state index is -3.10. The molecule has 3 heterocycles. The predicted octanol–water partition coefficient (Wildman–Crippen LogP) is 5.23. The van der Waals surface area contributed by atoms with Gasteiger partial charge in [0.2, 0.25) is 5.75 Å². The minimum Gasteiger partial charge on any atom is -0.480 e. The van der Waals surface area contributed by atoms with Gasteiger partial charge in [0.1, 0.15) is 10.8 Å². The van der Waals surface area contributed by atoms with E-state index in [0.29, 0.717) is 38.9 Å². The standard InChI is InChI=1S/C26H28ClF2N5O3/c1-25(36-3)9-14(10-25)22-30-11-17(27)23(33-22)31-15-6-7-18-16(8-15)19-20(24(35)34(18)2)37-12-26(28,29)21(32-19)13-4-5-13/h6-8,11,13-14,21,32H,4-5,9-10,12H2,1-3H3,(H,30,31,33)/t14?,21-,25?/m0/s1. The van der Waals surface area contributed by atoms with E-state index in [0.717, 1.165) is 25.7 Å². The lowest BCUT2D eigenvalue weighted by molar-refractivity contribution is -0.0707. The lowest BCUT2D eigenvalue weighted by Crippen LogP contribution is -2.44. The van der Waals surface area contributed by atoms with Gasteiger partial charge < -0.3 is 24.7 Å². The van der Waals surface area contributed by atoms with Crippen LogP contribution in [0.5, 0.6) is 5.75 Å². The van der Waals surface area contributed by atoms with Gasteiger partial charge in [0, 0.05) is 31.1 Å². The monoisotopic (exact) mass is 531 g/mol. The van der Waals surface area contributed by atoms with Gasteiger partial charge in [0.15, 0.2) is 12.4 Å². The van der Waals surface area contributed by atoms with Crippen molar-refractivity contribution in [2.45, 2.75) is 56.1 Å². The van der Waals surface area contributed by atoms with Crippen molar-refractivity contribution in [2.24, 2.45) is 13.0 Å². The third-order valence-corrected chi connectivity index (χ3v) is 8.13. The summed E-state index contributed by atoms with van der Waals surface area (Å²) in [5, 5.41) is 7.18. The molecule has 0 amide bonds. The molecule has 2 fully saturated rings. The highest BCUT2D eigenvalue weighted by Gasteiger charge is 2.51. The summed E-state index contributed by atoms with van der Waals surface area (Å²) in [6, 6.07) is 4.25. The molecule has 0 radical (unpaired) electrons. The molecule has 2 saturated carbocycles. The molecule has 1 aromatic carbocycles. The number of pyridine rings is 1. The second kappa shape index (κ2) is 8.52. The van der Waals surface area contributed by atoms with E-state index in [2.05, 4.69) is 27.5 Å². The number of hydrogen-bond acceptors (Lipinski definition) is 7. The number of hydrogen-bond donors (Lipinski definition) is 2. The number of nitrogens with one attached hydrogen (secondary N) is 2. The summed E-state index contributed by atoms with van der Waals surface area (Å²) in [4.78, 5) is 22.1. The molecule has 0 saturated heterocycles. The molecule has 0 unspecified atom stereocenters. The van der Waals surface area contributed by atoms with E-state index in [1.807, 2.05) is 0 Å². The van der Waals surface area contributed by atoms with E-state index in [1.54, 1.807) is 38.6 Å².